The maximum atomic E-state index is 12.3. The Hall–Kier alpha value is -2.67. The molecule has 130 valence electrons. The van der Waals surface area contributed by atoms with Gasteiger partial charge >= 0.3 is 5.97 Å². The fourth-order valence-corrected chi connectivity index (χ4v) is 2.76. The first-order valence-electron chi connectivity index (χ1n) is 7.84. The van der Waals surface area contributed by atoms with Crippen molar-refractivity contribution in [3.8, 4) is 0 Å². The molecule has 0 atom stereocenters. The molecule has 2 aromatic rings. The summed E-state index contributed by atoms with van der Waals surface area (Å²) in [6, 6.07) is 4.71. The van der Waals surface area contributed by atoms with Crippen molar-refractivity contribution in [1.29, 1.82) is 0 Å². The summed E-state index contributed by atoms with van der Waals surface area (Å²) >= 11 is 6.13. The lowest BCUT2D eigenvalue weighted by molar-refractivity contribution is 0.0600. The number of halogens is 1. The highest BCUT2D eigenvalue weighted by atomic mass is 35.5. The molecule has 0 aliphatic carbocycles. The topological polar surface area (TPSA) is 84.4 Å². The summed E-state index contributed by atoms with van der Waals surface area (Å²) in [6.45, 7) is 1.55. The molecule has 0 spiro atoms. The summed E-state index contributed by atoms with van der Waals surface area (Å²) in [4.78, 5) is 34.0. The standard InChI is InChI=1S/C17H17ClN4O3/c1-25-16(24)11-4-5-13(18)14(8-11)21-17-19-9-12(10-20-17)15(23)22-6-2-3-7-22/h4-5,8-10H,2-3,6-7H2,1H3,(H,19,20,21). The molecule has 8 heteroatoms. The van der Waals surface area contributed by atoms with E-state index in [0.29, 0.717) is 21.8 Å². The molecule has 25 heavy (non-hydrogen) atoms. The minimum absolute atomic E-state index is 0.0604. The molecule has 3 rings (SSSR count). The van der Waals surface area contributed by atoms with Crippen LogP contribution < -0.4 is 5.32 Å². The molecular formula is C17H17ClN4O3. The van der Waals surface area contributed by atoms with Gasteiger partial charge in [-0.05, 0) is 31.0 Å². The van der Waals surface area contributed by atoms with Gasteiger partial charge in [-0.3, -0.25) is 4.79 Å². The van der Waals surface area contributed by atoms with Crippen molar-refractivity contribution in [2.24, 2.45) is 0 Å². The van der Waals surface area contributed by atoms with Crippen LogP contribution in [0.2, 0.25) is 5.02 Å². The molecule has 0 bridgehead atoms. The van der Waals surface area contributed by atoms with Crippen molar-refractivity contribution in [1.82, 2.24) is 14.9 Å². The Morgan fingerprint density at radius 1 is 1.16 bits per heavy atom. The summed E-state index contributed by atoms with van der Waals surface area (Å²) in [5, 5.41) is 3.35. The summed E-state index contributed by atoms with van der Waals surface area (Å²) in [6.07, 6.45) is 5.02. The summed E-state index contributed by atoms with van der Waals surface area (Å²) in [5.41, 5.74) is 1.28. The van der Waals surface area contributed by atoms with E-state index in [1.807, 2.05) is 0 Å². The van der Waals surface area contributed by atoms with E-state index in [0.717, 1.165) is 25.9 Å². The Bertz CT molecular complexity index is 789. The Balaban J connectivity index is 1.75. The van der Waals surface area contributed by atoms with Crippen LogP contribution in [0.3, 0.4) is 0 Å². The number of anilines is 2. The SMILES string of the molecule is COC(=O)c1ccc(Cl)c(Nc2ncc(C(=O)N3CCCC3)cn2)c1. The number of rotatable bonds is 4. The van der Waals surface area contributed by atoms with E-state index < -0.39 is 5.97 Å². The lowest BCUT2D eigenvalue weighted by Crippen LogP contribution is -2.27. The third-order valence-electron chi connectivity index (χ3n) is 3.93. The summed E-state index contributed by atoms with van der Waals surface area (Å²) < 4.78 is 4.69. The van der Waals surface area contributed by atoms with E-state index in [9.17, 15) is 9.59 Å². The van der Waals surface area contributed by atoms with Gasteiger partial charge in [-0.15, -0.1) is 0 Å². The van der Waals surface area contributed by atoms with Crippen LogP contribution in [-0.4, -0.2) is 46.9 Å². The van der Waals surface area contributed by atoms with Crippen LogP contribution in [0.4, 0.5) is 11.6 Å². The van der Waals surface area contributed by atoms with E-state index >= 15 is 0 Å². The van der Waals surface area contributed by atoms with Gasteiger partial charge in [0.15, 0.2) is 0 Å². The molecule has 1 aromatic heterocycles. The number of nitrogens with one attached hydrogen (secondary N) is 1. The van der Waals surface area contributed by atoms with Crippen LogP contribution >= 0.6 is 11.6 Å². The summed E-state index contributed by atoms with van der Waals surface area (Å²) in [5.74, 6) is -0.246. The van der Waals surface area contributed by atoms with E-state index in [2.05, 4.69) is 20.0 Å². The number of likely N-dealkylation sites (tertiary alicyclic amines) is 1. The second-order valence-electron chi connectivity index (χ2n) is 5.61. The lowest BCUT2D eigenvalue weighted by Gasteiger charge is -2.14. The van der Waals surface area contributed by atoms with E-state index in [1.54, 1.807) is 23.1 Å². The second kappa shape index (κ2) is 7.48. The zero-order valence-corrected chi connectivity index (χ0v) is 14.4. The Morgan fingerprint density at radius 2 is 1.84 bits per heavy atom. The second-order valence-corrected chi connectivity index (χ2v) is 6.01. The van der Waals surface area contributed by atoms with E-state index in [-0.39, 0.29) is 11.9 Å². The highest BCUT2D eigenvalue weighted by Crippen LogP contribution is 2.25. The summed E-state index contributed by atoms with van der Waals surface area (Å²) in [7, 11) is 1.31. The largest absolute Gasteiger partial charge is 0.465 e. The maximum Gasteiger partial charge on any atom is 0.337 e. The van der Waals surface area contributed by atoms with Gasteiger partial charge in [-0.25, -0.2) is 14.8 Å². The number of aromatic nitrogens is 2. The molecular weight excluding hydrogens is 344 g/mol. The zero-order valence-electron chi connectivity index (χ0n) is 13.7. The monoisotopic (exact) mass is 360 g/mol. The molecule has 1 saturated heterocycles. The molecule has 0 unspecified atom stereocenters. The Morgan fingerprint density at radius 3 is 2.48 bits per heavy atom. The number of esters is 1. The van der Waals surface area contributed by atoms with Crippen LogP contribution in [0.25, 0.3) is 0 Å². The number of methoxy groups -OCH3 is 1. The molecule has 0 radical (unpaired) electrons. The fraction of sp³-hybridized carbons (Fsp3) is 0.294. The van der Waals surface area contributed by atoms with Crippen LogP contribution in [-0.2, 0) is 4.74 Å². The predicted octanol–water partition coefficient (Wildman–Crippen LogP) is 2.90. The van der Waals surface area contributed by atoms with E-state index in [1.165, 1.54) is 19.5 Å². The van der Waals surface area contributed by atoms with Crippen molar-refractivity contribution in [3.63, 3.8) is 0 Å². The van der Waals surface area contributed by atoms with Crippen LogP contribution in [0.1, 0.15) is 33.6 Å². The van der Waals surface area contributed by atoms with Gasteiger partial charge in [0.1, 0.15) is 0 Å². The highest BCUT2D eigenvalue weighted by molar-refractivity contribution is 6.33. The normalized spacial score (nSPS) is 13.6. The first-order valence-corrected chi connectivity index (χ1v) is 8.22. The molecule has 1 aliphatic heterocycles. The van der Waals surface area contributed by atoms with Gasteiger partial charge in [0.05, 0.1) is 28.9 Å². The van der Waals surface area contributed by atoms with E-state index in [4.69, 9.17) is 11.6 Å². The van der Waals surface area contributed by atoms with Gasteiger partial charge in [0, 0.05) is 25.5 Å². The van der Waals surface area contributed by atoms with Crippen LogP contribution in [0, 0.1) is 0 Å². The first-order chi connectivity index (χ1) is 12.1. The Labute approximate surface area is 150 Å². The van der Waals surface area contributed by atoms with Crippen molar-refractivity contribution in [3.05, 3.63) is 46.7 Å². The lowest BCUT2D eigenvalue weighted by atomic mass is 10.2. The number of amides is 1. The van der Waals surface area contributed by atoms with Gasteiger partial charge in [0.25, 0.3) is 5.91 Å². The van der Waals surface area contributed by atoms with Gasteiger partial charge in [-0.1, -0.05) is 11.6 Å². The number of hydrogen-bond acceptors (Lipinski definition) is 6. The predicted molar refractivity (Wildman–Crippen MR) is 93.2 cm³/mol. The quantitative estimate of drug-likeness (QED) is 0.844. The third-order valence-corrected chi connectivity index (χ3v) is 4.26. The number of carbonyl (C=O) groups excluding carboxylic acids is 2. The Kier molecular flexibility index (Phi) is 5.14. The van der Waals surface area contributed by atoms with Gasteiger partial charge < -0.3 is 15.0 Å². The molecule has 0 saturated carbocycles. The van der Waals surface area contributed by atoms with Crippen LogP contribution in [0.15, 0.2) is 30.6 Å². The smallest absolute Gasteiger partial charge is 0.337 e. The molecule has 1 N–H and O–H groups in total. The van der Waals surface area contributed by atoms with Crippen molar-refractivity contribution in [2.45, 2.75) is 12.8 Å². The zero-order chi connectivity index (χ0) is 17.8. The maximum absolute atomic E-state index is 12.3. The minimum atomic E-state index is -0.466. The van der Waals surface area contributed by atoms with Crippen molar-refractivity contribution in [2.75, 3.05) is 25.5 Å². The number of nitrogens with zero attached hydrogens (tertiary/aromatic N) is 3. The molecule has 1 aliphatic rings. The van der Waals surface area contributed by atoms with Crippen molar-refractivity contribution >= 4 is 35.1 Å². The average Bonchev–Trinajstić information content (AvgIpc) is 3.17. The number of hydrogen-bond donors (Lipinski definition) is 1. The number of benzene rings is 1. The molecule has 1 amide bonds. The van der Waals surface area contributed by atoms with Crippen molar-refractivity contribution < 1.29 is 14.3 Å². The molecule has 1 aromatic carbocycles. The fourth-order valence-electron chi connectivity index (χ4n) is 2.59. The minimum Gasteiger partial charge on any atom is -0.465 e. The molecule has 1 fully saturated rings. The molecule has 2 heterocycles. The molecule has 7 nitrogen and oxygen atoms in total. The first kappa shape index (κ1) is 17.2. The number of carbonyl (C=O) groups is 2. The van der Waals surface area contributed by atoms with Gasteiger partial charge in [-0.2, -0.15) is 0 Å². The third kappa shape index (κ3) is 3.88. The van der Waals surface area contributed by atoms with Crippen LogP contribution in [0.5, 0.6) is 0 Å². The average molecular weight is 361 g/mol. The number of ether oxygens (including phenoxy) is 1. The highest BCUT2D eigenvalue weighted by Gasteiger charge is 2.20. The van der Waals surface area contributed by atoms with Gasteiger partial charge in [0.2, 0.25) is 5.95 Å².